The lowest BCUT2D eigenvalue weighted by atomic mass is 10.0. The summed E-state index contributed by atoms with van der Waals surface area (Å²) in [6, 6.07) is 15.3. The fourth-order valence-corrected chi connectivity index (χ4v) is 4.64. The van der Waals surface area contributed by atoms with Crippen LogP contribution in [0.15, 0.2) is 48.5 Å². The molecule has 1 saturated heterocycles. The van der Waals surface area contributed by atoms with Gasteiger partial charge in [0, 0.05) is 13.1 Å². The number of ether oxygens (including phenoxy) is 2. The molecule has 4 rings (SSSR count). The maximum atomic E-state index is 12.7. The summed E-state index contributed by atoms with van der Waals surface area (Å²) in [6.45, 7) is 4.25. The van der Waals surface area contributed by atoms with Gasteiger partial charge >= 0.3 is 6.03 Å². The Hall–Kier alpha value is -2.77. The summed E-state index contributed by atoms with van der Waals surface area (Å²) < 4.78 is 11.3. The SMILES string of the molecule is O=C(NCCCCCc1ccccc1)NC(CN1CCCC1)C(O)c1ccc2c(c1)OCCO2. The second-order valence-corrected chi connectivity index (χ2v) is 9.16. The van der Waals surface area contributed by atoms with E-state index in [0.29, 0.717) is 37.8 Å². The summed E-state index contributed by atoms with van der Waals surface area (Å²) in [5.74, 6) is 1.33. The Morgan fingerprint density at radius 2 is 1.74 bits per heavy atom. The number of carbonyl (C=O) groups excluding carboxylic acids is 1. The van der Waals surface area contributed by atoms with Crippen LogP contribution in [0.2, 0.25) is 0 Å². The first-order chi connectivity index (χ1) is 16.7. The molecule has 0 spiro atoms. The first kappa shape index (κ1) is 24.4. The van der Waals surface area contributed by atoms with E-state index < -0.39 is 12.1 Å². The van der Waals surface area contributed by atoms with Gasteiger partial charge in [-0.15, -0.1) is 0 Å². The molecule has 34 heavy (non-hydrogen) atoms. The van der Waals surface area contributed by atoms with Crippen molar-refractivity contribution in [3.8, 4) is 11.5 Å². The van der Waals surface area contributed by atoms with Gasteiger partial charge in [0.1, 0.15) is 19.3 Å². The van der Waals surface area contributed by atoms with E-state index in [2.05, 4.69) is 39.8 Å². The van der Waals surface area contributed by atoms with Crippen molar-refractivity contribution in [1.29, 1.82) is 0 Å². The number of amides is 2. The number of aliphatic hydroxyl groups is 1. The molecule has 0 aliphatic carbocycles. The van der Waals surface area contributed by atoms with E-state index in [1.54, 1.807) is 0 Å². The average molecular weight is 468 g/mol. The van der Waals surface area contributed by atoms with Gasteiger partial charge in [-0.3, -0.25) is 0 Å². The van der Waals surface area contributed by atoms with Crippen LogP contribution < -0.4 is 20.1 Å². The molecule has 0 radical (unpaired) electrons. The minimum Gasteiger partial charge on any atom is -0.486 e. The van der Waals surface area contributed by atoms with Gasteiger partial charge in [0.2, 0.25) is 0 Å². The maximum Gasteiger partial charge on any atom is 0.315 e. The topological polar surface area (TPSA) is 83.1 Å². The van der Waals surface area contributed by atoms with Gasteiger partial charge in [0.15, 0.2) is 11.5 Å². The first-order valence-corrected chi connectivity index (χ1v) is 12.6. The molecule has 2 aromatic rings. The second kappa shape index (κ2) is 12.6. The lowest BCUT2D eigenvalue weighted by Gasteiger charge is -2.29. The first-order valence-electron chi connectivity index (χ1n) is 12.6. The van der Waals surface area contributed by atoms with Gasteiger partial charge in [-0.2, -0.15) is 0 Å². The van der Waals surface area contributed by atoms with Crippen LogP contribution in [0.25, 0.3) is 0 Å². The fraction of sp³-hybridized carbons (Fsp3) is 0.519. The minimum absolute atomic E-state index is 0.233. The van der Waals surface area contributed by atoms with E-state index in [1.165, 1.54) is 5.56 Å². The number of fused-ring (bicyclic) bond motifs is 1. The van der Waals surface area contributed by atoms with Crippen LogP contribution in [0, 0.1) is 0 Å². The quantitative estimate of drug-likeness (QED) is 0.439. The lowest BCUT2D eigenvalue weighted by molar-refractivity contribution is 0.108. The highest BCUT2D eigenvalue weighted by Crippen LogP contribution is 2.33. The third kappa shape index (κ3) is 7.11. The molecule has 2 aromatic carbocycles. The molecule has 7 heteroatoms. The number of aliphatic hydroxyl groups excluding tert-OH is 1. The van der Waals surface area contributed by atoms with Crippen molar-refractivity contribution in [2.24, 2.45) is 0 Å². The average Bonchev–Trinajstić information content (AvgIpc) is 3.39. The highest BCUT2D eigenvalue weighted by Gasteiger charge is 2.27. The number of carbonyl (C=O) groups is 1. The van der Waals surface area contributed by atoms with Gasteiger partial charge in [-0.1, -0.05) is 42.8 Å². The molecule has 0 aromatic heterocycles. The van der Waals surface area contributed by atoms with E-state index in [0.717, 1.165) is 57.2 Å². The minimum atomic E-state index is -0.840. The van der Waals surface area contributed by atoms with Crippen molar-refractivity contribution in [1.82, 2.24) is 15.5 Å². The van der Waals surface area contributed by atoms with E-state index >= 15 is 0 Å². The van der Waals surface area contributed by atoms with Crippen molar-refractivity contribution < 1.29 is 19.4 Å². The van der Waals surface area contributed by atoms with E-state index in [9.17, 15) is 9.90 Å². The number of hydrogen-bond acceptors (Lipinski definition) is 5. The molecule has 3 N–H and O–H groups in total. The lowest BCUT2D eigenvalue weighted by Crippen LogP contribution is -2.50. The number of nitrogens with one attached hydrogen (secondary N) is 2. The molecule has 2 atom stereocenters. The second-order valence-electron chi connectivity index (χ2n) is 9.16. The van der Waals surface area contributed by atoms with Crippen molar-refractivity contribution in [2.75, 3.05) is 39.4 Å². The van der Waals surface area contributed by atoms with Gasteiger partial charge in [0.25, 0.3) is 0 Å². The third-order valence-electron chi connectivity index (χ3n) is 6.53. The number of likely N-dealkylation sites (tertiary alicyclic amines) is 1. The highest BCUT2D eigenvalue weighted by atomic mass is 16.6. The molecular formula is C27H37N3O4. The Balaban J connectivity index is 1.26. The van der Waals surface area contributed by atoms with E-state index in [-0.39, 0.29) is 6.03 Å². The van der Waals surface area contributed by atoms with Crippen molar-refractivity contribution in [3.63, 3.8) is 0 Å². The molecule has 2 aliphatic heterocycles. The zero-order chi connectivity index (χ0) is 23.6. The van der Waals surface area contributed by atoms with Crippen LogP contribution in [0.5, 0.6) is 11.5 Å². The summed E-state index contributed by atoms with van der Waals surface area (Å²) in [5.41, 5.74) is 2.07. The molecule has 2 amide bonds. The number of rotatable bonds is 11. The number of nitrogens with zero attached hydrogens (tertiary/aromatic N) is 1. The molecule has 2 aliphatic rings. The Bertz CT molecular complexity index is 902. The number of aryl methyl sites for hydroxylation is 1. The molecular weight excluding hydrogens is 430 g/mol. The van der Waals surface area contributed by atoms with Crippen LogP contribution in [-0.2, 0) is 6.42 Å². The number of urea groups is 1. The van der Waals surface area contributed by atoms with E-state index in [4.69, 9.17) is 9.47 Å². The predicted molar refractivity (Wildman–Crippen MR) is 132 cm³/mol. The molecule has 1 fully saturated rings. The Labute approximate surface area is 202 Å². The summed E-state index contributed by atoms with van der Waals surface area (Å²) in [6.07, 6.45) is 5.63. The predicted octanol–water partition coefficient (Wildman–Crippen LogP) is 3.67. The Morgan fingerprint density at radius 3 is 2.53 bits per heavy atom. The van der Waals surface area contributed by atoms with Crippen molar-refractivity contribution in [2.45, 2.75) is 50.7 Å². The third-order valence-corrected chi connectivity index (χ3v) is 6.53. The van der Waals surface area contributed by atoms with Crippen LogP contribution in [-0.4, -0.2) is 61.5 Å². The van der Waals surface area contributed by atoms with Gasteiger partial charge in [-0.25, -0.2) is 4.79 Å². The number of benzene rings is 2. The number of hydrogen-bond donors (Lipinski definition) is 3. The molecule has 2 heterocycles. The zero-order valence-corrected chi connectivity index (χ0v) is 19.9. The molecule has 0 bridgehead atoms. The standard InChI is InChI=1S/C27H37N3O4/c31-26(22-12-13-24-25(19-22)34-18-17-33-24)23(20-30-15-7-8-16-30)29-27(32)28-14-6-2-5-11-21-9-3-1-4-10-21/h1,3-4,9-10,12-13,19,23,26,31H,2,5-8,11,14-18,20H2,(H2,28,29,32). The summed E-state index contributed by atoms with van der Waals surface area (Å²) in [7, 11) is 0. The monoisotopic (exact) mass is 467 g/mol. The Kier molecular flexibility index (Phi) is 9.04. The summed E-state index contributed by atoms with van der Waals surface area (Å²) >= 11 is 0. The van der Waals surface area contributed by atoms with E-state index in [1.807, 2.05) is 24.3 Å². The van der Waals surface area contributed by atoms with Crippen molar-refractivity contribution in [3.05, 3.63) is 59.7 Å². The largest absolute Gasteiger partial charge is 0.486 e. The number of unbranched alkanes of at least 4 members (excludes halogenated alkanes) is 2. The normalized spacial score (nSPS) is 17.2. The van der Waals surface area contributed by atoms with Crippen LogP contribution in [0.4, 0.5) is 4.79 Å². The van der Waals surface area contributed by atoms with Crippen LogP contribution in [0.3, 0.4) is 0 Å². The molecule has 184 valence electrons. The van der Waals surface area contributed by atoms with Crippen LogP contribution in [0.1, 0.15) is 49.3 Å². The van der Waals surface area contributed by atoms with Gasteiger partial charge < -0.3 is 30.1 Å². The molecule has 0 saturated carbocycles. The molecule has 7 nitrogen and oxygen atoms in total. The molecule has 2 unspecified atom stereocenters. The smallest absolute Gasteiger partial charge is 0.315 e. The summed E-state index contributed by atoms with van der Waals surface area (Å²) in [4.78, 5) is 15.0. The van der Waals surface area contributed by atoms with Gasteiger partial charge in [0.05, 0.1) is 6.04 Å². The maximum absolute atomic E-state index is 12.7. The Morgan fingerprint density at radius 1 is 0.971 bits per heavy atom. The van der Waals surface area contributed by atoms with Crippen molar-refractivity contribution >= 4 is 6.03 Å². The van der Waals surface area contributed by atoms with Crippen LogP contribution >= 0.6 is 0 Å². The zero-order valence-electron chi connectivity index (χ0n) is 19.9. The summed E-state index contributed by atoms with van der Waals surface area (Å²) in [5, 5.41) is 17.2. The van der Waals surface area contributed by atoms with Gasteiger partial charge in [-0.05, 0) is 68.5 Å². The fourth-order valence-electron chi connectivity index (χ4n) is 4.64. The highest BCUT2D eigenvalue weighted by molar-refractivity contribution is 5.74.